The lowest BCUT2D eigenvalue weighted by Gasteiger charge is -2.19. The summed E-state index contributed by atoms with van der Waals surface area (Å²) < 4.78 is 1.08. The van der Waals surface area contributed by atoms with Crippen molar-refractivity contribution in [3.05, 3.63) is 63.6 Å². The van der Waals surface area contributed by atoms with Crippen molar-refractivity contribution in [2.45, 2.75) is 26.8 Å². The van der Waals surface area contributed by atoms with Gasteiger partial charge in [0.15, 0.2) is 5.11 Å². The quantitative estimate of drug-likeness (QED) is 0.741. The summed E-state index contributed by atoms with van der Waals surface area (Å²) in [7, 11) is 0. The Hall–Kier alpha value is -1.39. The standard InChI is InChI=1S/C17H19BrN2S/c1-11-5-4-6-16(12(11)2)20-17(21)19-13(3)14-7-9-15(18)10-8-14/h4-10,13H,1-3H3,(H2,19,20,21)/t13-/m1/s1. The Morgan fingerprint density at radius 3 is 2.43 bits per heavy atom. The lowest BCUT2D eigenvalue weighted by Crippen LogP contribution is -2.31. The van der Waals surface area contributed by atoms with E-state index in [1.165, 1.54) is 16.7 Å². The van der Waals surface area contributed by atoms with Gasteiger partial charge in [-0.1, -0.05) is 40.2 Å². The second-order valence-electron chi connectivity index (χ2n) is 5.12. The van der Waals surface area contributed by atoms with Crippen LogP contribution in [0.3, 0.4) is 0 Å². The van der Waals surface area contributed by atoms with Gasteiger partial charge in [0.25, 0.3) is 0 Å². The molecule has 2 N–H and O–H groups in total. The van der Waals surface area contributed by atoms with E-state index in [1.807, 2.05) is 24.3 Å². The number of hydrogen-bond donors (Lipinski definition) is 2. The van der Waals surface area contributed by atoms with Gasteiger partial charge in [-0.15, -0.1) is 0 Å². The van der Waals surface area contributed by atoms with Gasteiger partial charge in [0.2, 0.25) is 0 Å². The molecule has 0 aromatic heterocycles. The van der Waals surface area contributed by atoms with Gasteiger partial charge in [-0.25, -0.2) is 0 Å². The summed E-state index contributed by atoms with van der Waals surface area (Å²) in [6.07, 6.45) is 0. The average molecular weight is 363 g/mol. The number of rotatable bonds is 3. The first kappa shape index (κ1) is 16.0. The van der Waals surface area contributed by atoms with E-state index in [2.05, 4.69) is 65.5 Å². The van der Waals surface area contributed by atoms with Crippen LogP contribution < -0.4 is 10.6 Å². The molecule has 0 amide bonds. The van der Waals surface area contributed by atoms with Crippen molar-refractivity contribution < 1.29 is 0 Å². The normalized spacial score (nSPS) is 11.8. The molecule has 2 rings (SSSR count). The summed E-state index contributed by atoms with van der Waals surface area (Å²) in [5.41, 5.74) is 4.72. The van der Waals surface area contributed by atoms with Gasteiger partial charge >= 0.3 is 0 Å². The fraction of sp³-hybridized carbons (Fsp3) is 0.235. The van der Waals surface area contributed by atoms with Crippen molar-refractivity contribution in [1.82, 2.24) is 5.32 Å². The topological polar surface area (TPSA) is 24.1 Å². The molecule has 1 atom stereocenters. The van der Waals surface area contributed by atoms with E-state index in [4.69, 9.17) is 12.2 Å². The third kappa shape index (κ3) is 4.29. The van der Waals surface area contributed by atoms with E-state index < -0.39 is 0 Å². The lowest BCUT2D eigenvalue weighted by molar-refractivity contribution is 0.722. The minimum absolute atomic E-state index is 0.156. The van der Waals surface area contributed by atoms with Crippen molar-refractivity contribution in [3.8, 4) is 0 Å². The number of benzene rings is 2. The molecule has 4 heteroatoms. The molecule has 0 spiro atoms. The molecule has 0 saturated carbocycles. The number of anilines is 1. The Bertz CT molecular complexity index is 638. The molecule has 21 heavy (non-hydrogen) atoms. The molecule has 0 aliphatic carbocycles. The van der Waals surface area contributed by atoms with Gasteiger partial charge in [-0.05, 0) is 67.9 Å². The summed E-state index contributed by atoms with van der Waals surface area (Å²) in [5.74, 6) is 0. The van der Waals surface area contributed by atoms with Crippen molar-refractivity contribution in [3.63, 3.8) is 0 Å². The number of halogens is 1. The summed E-state index contributed by atoms with van der Waals surface area (Å²) in [5, 5.41) is 7.23. The highest BCUT2D eigenvalue weighted by atomic mass is 79.9. The van der Waals surface area contributed by atoms with Crippen molar-refractivity contribution in [2.75, 3.05) is 5.32 Å². The van der Waals surface area contributed by atoms with Crippen LogP contribution in [0, 0.1) is 13.8 Å². The van der Waals surface area contributed by atoms with Gasteiger partial charge in [0.05, 0.1) is 6.04 Å². The van der Waals surface area contributed by atoms with Gasteiger partial charge < -0.3 is 10.6 Å². The van der Waals surface area contributed by atoms with Gasteiger partial charge in [-0.2, -0.15) is 0 Å². The maximum atomic E-state index is 5.41. The van der Waals surface area contributed by atoms with Crippen LogP contribution >= 0.6 is 28.1 Å². The Kier molecular flexibility index (Phi) is 5.37. The van der Waals surface area contributed by atoms with Gasteiger partial charge in [0, 0.05) is 10.2 Å². The van der Waals surface area contributed by atoms with E-state index in [0.29, 0.717) is 5.11 Å². The zero-order chi connectivity index (χ0) is 15.4. The van der Waals surface area contributed by atoms with Crippen molar-refractivity contribution in [2.24, 2.45) is 0 Å². The number of hydrogen-bond acceptors (Lipinski definition) is 1. The molecule has 0 aliphatic heterocycles. The monoisotopic (exact) mass is 362 g/mol. The Morgan fingerprint density at radius 1 is 1.10 bits per heavy atom. The van der Waals surface area contributed by atoms with Crippen LogP contribution in [-0.4, -0.2) is 5.11 Å². The summed E-state index contributed by atoms with van der Waals surface area (Å²) >= 11 is 8.86. The van der Waals surface area contributed by atoms with Crippen LogP contribution in [0.1, 0.15) is 29.7 Å². The Labute approximate surface area is 140 Å². The molecule has 0 unspecified atom stereocenters. The molecule has 110 valence electrons. The van der Waals surface area contributed by atoms with Gasteiger partial charge in [-0.3, -0.25) is 0 Å². The van der Waals surface area contributed by atoms with E-state index in [1.54, 1.807) is 0 Å². The van der Waals surface area contributed by atoms with E-state index in [9.17, 15) is 0 Å². The van der Waals surface area contributed by atoms with Crippen LogP contribution in [0.15, 0.2) is 46.9 Å². The first-order valence-electron chi connectivity index (χ1n) is 6.86. The fourth-order valence-electron chi connectivity index (χ4n) is 2.08. The number of nitrogens with one attached hydrogen (secondary N) is 2. The highest BCUT2D eigenvalue weighted by Crippen LogP contribution is 2.19. The SMILES string of the molecule is Cc1cccc(NC(=S)N[C@H](C)c2ccc(Br)cc2)c1C. The largest absolute Gasteiger partial charge is 0.356 e. The van der Waals surface area contributed by atoms with Crippen molar-refractivity contribution in [1.29, 1.82) is 0 Å². The molecule has 0 heterocycles. The van der Waals surface area contributed by atoms with E-state index >= 15 is 0 Å². The van der Waals surface area contributed by atoms with Crippen molar-refractivity contribution >= 4 is 38.9 Å². The summed E-state index contributed by atoms with van der Waals surface area (Å²) in [6, 6.07) is 14.6. The summed E-state index contributed by atoms with van der Waals surface area (Å²) in [6.45, 7) is 6.29. The minimum atomic E-state index is 0.156. The first-order valence-corrected chi connectivity index (χ1v) is 8.06. The average Bonchev–Trinajstić information content (AvgIpc) is 2.44. The molecular formula is C17H19BrN2S. The molecule has 2 aromatic rings. The predicted octanol–water partition coefficient (Wildman–Crippen LogP) is 5.11. The first-order chi connectivity index (χ1) is 9.97. The van der Waals surface area contributed by atoms with E-state index in [0.717, 1.165) is 10.2 Å². The van der Waals surface area contributed by atoms with E-state index in [-0.39, 0.29) is 6.04 Å². The lowest BCUT2D eigenvalue weighted by atomic mass is 10.1. The maximum absolute atomic E-state index is 5.41. The van der Waals surface area contributed by atoms with Crippen LogP contribution in [-0.2, 0) is 0 Å². The third-order valence-corrected chi connectivity index (χ3v) is 4.32. The fourth-order valence-corrected chi connectivity index (χ4v) is 2.63. The van der Waals surface area contributed by atoms with Crippen LogP contribution in [0.4, 0.5) is 5.69 Å². The highest BCUT2D eigenvalue weighted by Gasteiger charge is 2.08. The molecule has 0 fully saturated rings. The number of aryl methyl sites for hydroxylation is 1. The zero-order valence-corrected chi connectivity index (χ0v) is 14.8. The maximum Gasteiger partial charge on any atom is 0.171 e. The second-order valence-corrected chi connectivity index (χ2v) is 6.44. The van der Waals surface area contributed by atoms with Gasteiger partial charge in [0.1, 0.15) is 0 Å². The molecule has 2 aromatic carbocycles. The molecule has 0 saturated heterocycles. The highest BCUT2D eigenvalue weighted by molar-refractivity contribution is 9.10. The molecule has 0 bridgehead atoms. The third-order valence-electron chi connectivity index (χ3n) is 3.57. The second kappa shape index (κ2) is 7.05. The molecule has 0 aliphatic rings. The summed E-state index contributed by atoms with van der Waals surface area (Å²) in [4.78, 5) is 0. The minimum Gasteiger partial charge on any atom is -0.356 e. The zero-order valence-electron chi connectivity index (χ0n) is 12.4. The van der Waals surface area contributed by atoms with Crippen LogP contribution in [0.2, 0.25) is 0 Å². The number of thiocarbonyl (C=S) groups is 1. The van der Waals surface area contributed by atoms with Crippen LogP contribution in [0.25, 0.3) is 0 Å². The smallest absolute Gasteiger partial charge is 0.171 e. The molecule has 2 nitrogen and oxygen atoms in total. The molecule has 0 radical (unpaired) electrons. The van der Waals surface area contributed by atoms with Crippen LogP contribution in [0.5, 0.6) is 0 Å². The Morgan fingerprint density at radius 2 is 1.76 bits per heavy atom. The Balaban J connectivity index is 2.01. The molecular weight excluding hydrogens is 344 g/mol. The predicted molar refractivity (Wildman–Crippen MR) is 97.8 cm³/mol.